The fourth-order valence-electron chi connectivity index (χ4n) is 3.08. The summed E-state index contributed by atoms with van der Waals surface area (Å²) in [5, 5.41) is 10.2. The molecular formula is C19H17F3N6. The Hall–Kier alpha value is -3.36. The molecule has 3 aromatic rings. The van der Waals surface area contributed by atoms with Gasteiger partial charge in [0.15, 0.2) is 23.3 Å². The van der Waals surface area contributed by atoms with Crippen LogP contribution in [-0.2, 0) is 0 Å². The Morgan fingerprint density at radius 3 is 2.29 bits per heavy atom. The SMILES string of the molecule is Fc1ccc(Nc2nncc(N3CCN(c4ccccc4)CC3)n2)c(F)c1F. The number of hydrogen-bond acceptors (Lipinski definition) is 6. The minimum Gasteiger partial charge on any atom is -0.368 e. The van der Waals surface area contributed by atoms with Gasteiger partial charge in [-0.25, -0.2) is 13.2 Å². The third-order valence-electron chi connectivity index (χ3n) is 4.55. The highest BCUT2D eigenvalue weighted by molar-refractivity contribution is 5.56. The van der Waals surface area contributed by atoms with E-state index in [9.17, 15) is 13.2 Å². The van der Waals surface area contributed by atoms with E-state index in [2.05, 4.69) is 37.5 Å². The Labute approximate surface area is 159 Å². The second kappa shape index (κ2) is 7.71. The number of aromatic nitrogens is 3. The van der Waals surface area contributed by atoms with Crippen LogP contribution in [0.5, 0.6) is 0 Å². The zero-order chi connectivity index (χ0) is 19.5. The summed E-state index contributed by atoms with van der Waals surface area (Å²) in [5.74, 6) is -3.55. The fraction of sp³-hybridized carbons (Fsp3) is 0.211. The molecule has 1 aliphatic rings. The molecule has 2 aromatic carbocycles. The van der Waals surface area contributed by atoms with Gasteiger partial charge in [-0.1, -0.05) is 18.2 Å². The van der Waals surface area contributed by atoms with Gasteiger partial charge in [-0.15, -0.1) is 5.10 Å². The Morgan fingerprint density at radius 1 is 0.821 bits per heavy atom. The zero-order valence-electron chi connectivity index (χ0n) is 14.8. The monoisotopic (exact) mass is 386 g/mol. The number of benzene rings is 2. The molecule has 1 N–H and O–H groups in total. The van der Waals surface area contributed by atoms with Crippen LogP contribution >= 0.6 is 0 Å². The molecule has 0 amide bonds. The van der Waals surface area contributed by atoms with E-state index < -0.39 is 17.5 Å². The van der Waals surface area contributed by atoms with Gasteiger partial charge in [-0.2, -0.15) is 10.1 Å². The number of anilines is 4. The number of hydrogen-bond donors (Lipinski definition) is 1. The van der Waals surface area contributed by atoms with Crippen LogP contribution in [0.1, 0.15) is 0 Å². The lowest BCUT2D eigenvalue weighted by Crippen LogP contribution is -2.46. The molecule has 0 bridgehead atoms. The molecule has 0 aliphatic carbocycles. The predicted molar refractivity (Wildman–Crippen MR) is 100 cm³/mol. The first-order valence-corrected chi connectivity index (χ1v) is 8.77. The maximum Gasteiger partial charge on any atom is 0.249 e. The lowest BCUT2D eigenvalue weighted by molar-refractivity contribution is 0.449. The smallest absolute Gasteiger partial charge is 0.249 e. The average molecular weight is 386 g/mol. The van der Waals surface area contributed by atoms with Crippen molar-refractivity contribution in [2.45, 2.75) is 0 Å². The summed E-state index contributed by atoms with van der Waals surface area (Å²) in [4.78, 5) is 8.64. The van der Waals surface area contributed by atoms with E-state index in [1.54, 1.807) is 0 Å². The maximum absolute atomic E-state index is 13.8. The lowest BCUT2D eigenvalue weighted by atomic mass is 10.2. The average Bonchev–Trinajstić information content (AvgIpc) is 2.75. The van der Waals surface area contributed by atoms with E-state index in [0.717, 1.165) is 38.3 Å². The molecule has 0 radical (unpaired) electrons. The van der Waals surface area contributed by atoms with Gasteiger partial charge >= 0.3 is 0 Å². The van der Waals surface area contributed by atoms with E-state index in [4.69, 9.17) is 0 Å². The van der Waals surface area contributed by atoms with Crippen LogP contribution in [-0.4, -0.2) is 41.4 Å². The molecule has 9 heteroatoms. The van der Waals surface area contributed by atoms with Crippen molar-refractivity contribution in [3.05, 3.63) is 66.1 Å². The summed E-state index contributed by atoms with van der Waals surface area (Å²) >= 11 is 0. The molecule has 1 fully saturated rings. The van der Waals surface area contributed by atoms with E-state index in [1.165, 1.54) is 11.9 Å². The van der Waals surface area contributed by atoms with E-state index in [-0.39, 0.29) is 11.6 Å². The molecular weight excluding hydrogens is 369 g/mol. The van der Waals surface area contributed by atoms with Gasteiger partial charge < -0.3 is 15.1 Å². The number of nitrogens with one attached hydrogen (secondary N) is 1. The Bertz CT molecular complexity index is 961. The summed E-state index contributed by atoms with van der Waals surface area (Å²) < 4.78 is 40.3. The van der Waals surface area contributed by atoms with Crippen molar-refractivity contribution < 1.29 is 13.2 Å². The van der Waals surface area contributed by atoms with Crippen molar-refractivity contribution >= 4 is 23.1 Å². The van der Waals surface area contributed by atoms with Gasteiger partial charge in [0.2, 0.25) is 5.95 Å². The van der Waals surface area contributed by atoms with Crippen LogP contribution in [0, 0.1) is 17.5 Å². The van der Waals surface area contributed by atoms with Gasteiger partial charge in [0.1, 0.15) is 0 Å². The molecule has 0 spiro atoms. The minimum atomic E-state index is -1.55. The summed E-state index contributed by atoms with van der Waals surface area (Å²) in [6, 6.07) is 12.1. The van der Waals surface area contributed by atoms with Crippen molar-refractivity contribution in [1.29, 1.82) is 0 Å². The van der Waals surface area contributed by atoms with Crippen molar-refractivity contribution in [3.8, 4) is 0 Å². The molecule has 6 nitrogen and oxygen atoms in total. The van der Waals surface area contributed by atoms with Crippen LogP contribution in [0.4, 0.5) is 36.3 Å². The third-order valence-corrected chi connectivity index (χ3v) is 4.55. The van der Waals surface area contributed by atoms with Crippen molar-refractivity contribution in [2.24, 2.45) is 0 Å². The molecule has 28 heavy (non-hydrogen) atoms. The maximum atomic E-state index is 13.8. The number of rotatable bonds is 4. The van der Waals surface area contributed by atoms with Crippen molar-refractivity contribution in [3.63, 3.8) is 0 Å². The van der Waals surface area contributed by atoms with Crippen LogP contribution < -0.4 is 15.1 Å². The summed E-state index contributed by atoms with van der Waals surface area (Å²) in [5.41, 5.74) is 0.908. The molecule has 4 rings (SSSR count). The molecule has 144 valence electrons. The fourth-order valence-corrected chi connectivity index (χ4v) is 3.08. The van der Waals surface area contributed by atoms with Crippen molar-refractivity contribution in [1.82, 2.24) is 15.2 Å². The van der Waals surface area contributed by atoms with Gasteiger partial charge in [0, 0.05) is 31.9 Å². The topological polar surface area (TPSA) is 57.2 Å². The predicted octanol–water partition coefficient (Wildman–Crippen LogP) is 3.36. The zero-order valence-corrected chi connectivity index (χ0v) is 14.8. The highest BCUT2D eigenvalue weighted by Crippen LogP contribution is 2.23. The molecule has 0 saturated carbocycles. The first-order valence-electron chi connectivity index (χ1n) is 8.77. The Balaban J connectivity index is 1.45. The summed E-state index contributed by atoms with van der Waals surface area (Å²) in [6.45, 7) is 3.09. The molecule has 1 aliphatic heterocycles. The first kappa shape index (κ1) is 18.0. The largest absolute Gasteiger partial charge is 0.368 e. The number of para-hydroxylation sites is 1. The second-order valence-corrected chi connectivity index (χ2v) is 6.30. The molecule has 0 unspecified atom stereocenters. The standard InChI is InChI=1S/C19H17F3N6/c20-14-6-7-15(18(22)17(14)21)24-19-25-16(12-23-26-19)28-10-8-27(9-11-28)13-4-2-1-3-5-13/h1-7,12H,8-11H2,(H,24,25,26). The molecule has 1 aromatic heterocycles. The first-order chi connectivity index (χ1) is 13.6. The van der Waals surface area contributed by atoms with Crippen LogP contribution in [0.3, 0.4) is 0 Å². The Kier molecular flexibility index (Phi) is 4.96. The van der Waals surface area contributed by atoms with E-state index >= 15 is 0 Å². The second-order valence-electron chi connectivity index (χ2n) is 6.30. The quantitative estimate of drug-likeness (QED) is 0.694. The highest BCUT2D eigenvalue weighted by atomic mass is 19.2. The van der Waals surface area contributed by atoms with E-state index in [1.807, 2.05) is 23.1 Å². The number of piperazine rings is 1. The molecule has 2 heterocycles. The third kappa shape index (κ3) is 3.68. The number of nitrogens with zero attached hydrogens (tertiary/aromatic N) is 5. The van der Waals surface area contributed by atoms with Gasteiger partial charge in [-0.3, -0.25) is 0 Å². The lowest BCUT2D eigenvalue weighted by Gasteiger charge is -2.36. The van der Waals surface area contributed by atoms with Gasteiger partial charge in [-0.05, 0) is 24.3 Å². The van der Waals surface area contributed by atoms with Crippen LogP contribution in [0.25, 0.3) is 0 Å². The number of halogens is 3. The molecule has 1 saturated heterocycles. The van der Waals surface area contributed by atoms with Gasteiger partial charge in [0.25, 0.3) is 0 Å². The normalized spacial score (nSPS) is 14.2. The van der Waals surface area contributed by atoms with Gasteiger partial charge in [0.05, 0.1) is 11.9 Å². The van der Waals surface area contributed by atoms with E-state index in [0.29, 0.717) is 5.82 Å². The van der Waals surface area contributed by atoms with Crippen molar-refractivity contribution in [2.75, 3.05) is 41.3 Å². The molecule has 0 atom stereocenters. The van der Waals surface area contributed by atoms with Crippen LogP contribution in [0.15, 0.2) is 48.7 Å². The minimum absolute atomic E-state index is 0.00731. The Morgan fingerprint density at radius 2 is 1.54 bits per heavy atom. The summed E-state index contributed by atoms with van der Waals surface area (Å²) in [7, 11) is 0. The van der Waals surface area contributed by atoms with Crippen LogP contribution in [0.2, 0.25) is 0 Å². The summed E-state index contributed by atoms with van der Waals surface area (Å²) in [6.07, 6.45) is 1.52. The highest BCUT2D eigenvalue weighted by Gasteiger charge is 2.20.